The molecule has 0 saturated heterocycles. The molecule has 10 heavy (non-hydrogen) atoms. The second kappa shape index (κ2) is 2.15. The van der Waals surface area contributed by atoms with Crippen LogP contribution in [0.15, 0.2) is 5.10 Å². The Labute approximate surface area is 62.1 Å². The van der Waals surface area contributed by atoms with E-state index in [4.69, 9.17) is 0 Å². The van der Waals surface area contributed by atoms with E-state index in [1.54, 1.807) is 0 Å². The summed E-state index contributed by atoms with van der Waals surface area (Å²) in [5, 5.41) is 4.18. The predicted molar refractivity (Wildman–Crippen MR) is 42.7 cm³/mol. The van der Waals surface area contributed by atoms with Crippen molar-refractivity contribution in [3.8, 4) is 0 Å². The van der Waals surface area contributed by atoms with Gasteiger partial charge in [-0.25, -0.2) is 0 Å². The maximum atomic E-state index is 4.18. The van der Waals surface area contributed by atoms with Crippen LogP contribution in [0.3, 0.4) is 0 Å². The Morgan fingerprint density at radius 1 is 1.50 bits per heavy atom. The molecule has 0 unspecified atom stereocenters. The molecule has 1 rings (SSSR count). The second-order valence-electron chi connectivity index (χ2n) is 3.70. The number of nitrogens with zero attached hydrogens (tertiary/aromatic N) is 2. The lowest BCUT2D eigenvalue weighted by Crippen LogP contribution is -2.33. The summed E-state index contributed by atoms with van der Waals surface area (Å²) in [7, 11) is 2.05. The SMILES string of the molecule is CN1CNN=C1C(C)(C)C. The van der Waals surface area contributed by atoms with Crippen molar-refractivity contribution in [2.75, 3.05) is 13.7 Å². The van der Waals surface area contributed by atoms with Crippen molar-refractivity contribution in [2.45, 2.75) is 20.8 Å². The topological polar surface area (TPSA) is 27.6 Å². The molecule has 0 aromatic heterocycles. The Kier molecular flexibility index (Phi) is 1.58. The van der Waals surface area contributed by atoms with Crippen LogP contribution >= 0.6 is 0 Å². The van der Waals surface area contributed by atoms with Crippen LogP contribution in [0, 0.1) is 5.41 Å². The van der Waals surface area contributed by atoms with Crippen molar-refractivity contribution in [3.63, 3.8) is 0 Å². The van der Waals surface area contributed by atoms with Crippen LogP contribution in [0.25, 0.3) is 0 Å². The number of hydrogen-bond acceptors (Lipinski definition) is 3. The standard InChI is InChI=1S/C7H15N3/c1-7(2,3)6-9-8-5-10(6)4/h8H,5H2,1-4H3. The summed E-state index contributed by atoms with van der Waals surface area (Å²) in [5.41, 5.74) is 3.11. The van der Waals surface area contributed by atoms with E-state index >= 15 is 0 Å². The average molecular weight is 141 g/mol. The van der Waals surface area contributed by atoms with Gasteiger partial charge in [0.2, 0.25) is 0 Å². The predicted octanol–water partition coefficient (Wildman–Crippen LogP) is 0.838. The molecule has 0 fully saturated rings. The van der Waals surface area contributed by atoms with Crippen molar-refractivity contribution >= 4 is 5.84 Å². The van der Waals surface area contributed by atoms with Crippen molar-refractivity contribution in [1.29, 1.82) is 0 Å². The van der Waals surface area contributed by atoms with Crippen LogP contribution in [0.5, 0.6) is 0 Å². The lowest BCUT2D eigenvalue weighted by molar-refractivity contribution is 0.448. The van der Waals surface area contributed by atoms with Gasteiger partial charge in [-0.15, -0.1) is 0 Å². The van der Waals surface area contributed by atoms with Crippen LogP contribution in [-0.4, -0.2) is 24.5 Å². The van der Waals surface area contributed by atoms with Gasteiger partial charge in [-0.05, 0) is 0 Å². The van der Waals surface area contributed by atoms with Gasteiger partial charge < -0.3 is 4.90 Å². The maximum absolute atomic E-state index is 4.18. The van der Waals surface area contributed by atoms with E-state index in [-0.39, 0.29) is 5.41 Å². The summed E-state index contributed by atoms with van der Waals surface area (Å²) >= 11 is 0. The minimum absolute atomic E-state index is 0.165. The van der Waals surface area contributed by atoms with Gasteiger partial charge >= 0.3 is 0 Å². The highest BCUT2D eigenvalue weighted by molar-refractivity contribution is 5.87. The van der Waals surface area contributed by atoms with Crippen molar-refractivity contribution < 1.29 is 0 Å². The van der Waals surface area contributed by atoms with Crippen molar-refractivity contribution in [2.24, 2.45) is 10.5 Å². The van der Waals surface area contributed by atoms with Gasteiger partial charge in [-0.2, -0.15) is 5.10 Å². The molecule has 1 aliphatic rings. The monoisotopic (exact) mass is 141 g/mol. The molecule has 1 aliphatic heterocycles. The fourth-order valence-electron chi connectivity index (χ4n) is 1.12. The minimum Gasteiger partial charge on any atom is -0.342 e. The van der Waals surface area contributed by atoms with Crippen LogP contribution in [-0.2, 0) is 0 Å². The molecule has 0 saturated carbocycles. The number of rotatable bonds is 0. The summed E-state index contributed by atoms with van der Waals surface area (Å²) < 4.78 is 0. The molecule has 0 radical (unpaired) electrons. The van der Waals surface area contributed by atoms with Crippen LogP contribution < -0.4 is 5.43 Å². The van der Waals surface area contributed by atoms with E-state index in [1.165, 1.54) is 0 Å². The number of hydrogen-bond donors (Lipinski definition) is 1. The van der Waals surface area contributed by atoms with E-state index in [2.05, 4.69) is 36.2 Å². The summed E-state index contributed by atoms with van der Waals surface area (Å²) in [6.07, 6.45) is 0. The molecule has 58 valence electrons. The smallest absolute Gasteiger partial charge is 0.131 e. The fourth-order valence-corrected chi connectivity index (χ4v) is 1.12. The molecule has 0 bridgehead atoms. The van der Waals surface area contributed by atoms with Crippen molar-refractivity contribution in [3.05, 3.63) is 0 Å². The molecular weight excluding hydrogens is 126 g/mol. The maximum Gasteiger partial charge on any atom is 0.131 e. The molecule has 0 aromatic rings. The summed E-state index contributed by atoms with van der Waals surface area (Å²) in [5.74, 6) is 1.13. The zero-order valence-electron chi connectivity index (χ0n) is 7.10. The minimum atomic E-state index is 0.165. The molecule has 0 aliphatic carbocycles. The van der Waals surface area contributed by atoms with E-state index in [0.717, 1.165) is 12.5 Å². The Hall–Kier alpha value is -0.730. The lowest BCUT2D eigenvalue weighted by Gasteiger charge is -2.23. The first-order valence-electron chi connectivity index (χ1n) is 3.54. The molecular formula is C7H15N3. The van der Waals surface area contributed by atoms with Crippen molar-refractivity contribution in [1.82, 2.24) is 10.3 Å². The molecule has 3 nitrogen and oxygen atoms in total. The van der Waals surface area contributed by atoms with Gasteiger partial charge in [-0.3, -0.25) is 5.43 Å². The van der Waals surface area contributed by atoms with Gasteiger partial charge in [0.25, 0.3) is 0 Å². The molecule has 3 heteroatoms. The van der Waals surface area contributed by atoms with Crippen LogP contribution in [0.1, 0.15) is 20.8 Å². The highest BCUT2D eigenvalue weighted by atomic mass is 15.5. The zero-order chi connectivity index (χ0) is 7.78. The van der Waals surface area contributed by atoms with E-state index < -0.39 is 0 Å². The number of hydrazone groups is 1. The van der Waals surface area contributed by atoms with E-state index in [1.807, 2.05) is 7.05 Å². The molecule has 0 atom stereocenters. The largest absolute Gasteiger partial charge is 0.342 e. The highest BCUT2D eigenvalue weighted by Crippen LogP contribution is 2.19. The molecule has 1 N–H and O–H groups in total. The van der Waals surface area contributed by atoms with Gasteiger partial charge in [0.05, 0.1) is 0 Å². The molecule has 0 aromatic carbocycles. The molecule has 0 amide bonds. The molecule has 1 heterocycles. The zero-order valence-corrected chi connectivity index (χ0v) is 7.10. The average Bonchev–Trinajstić information content (AvgIpc) is 2.11. The quantitative estimate of drug-likeness (QED) is 0.541. The fraction of sp³-hybridized carbons (Fsp3) is 0.857. The Morgan fingerprint density at radius 2 is 2.10 bits per heavy atom. The van der Waals surface area contributed by atoms with Gasteiger partial charge in [-0.1, -0.05) is 20.8 Å². The Morgan fingerprint density at radius 3 is 2.30 bits per heavy atom. The van der Waals surface area contributed by atoms with Gasteiger partial charge in [0.15, 0.2) is 0 Å². The normalized spacial score (nSPS) is 18.8. The lowest BCUT2D eigenvalue weighted by atomic mass is 9.94. The Balaban J connectivity index is 2.72. The third-order valence-electron chi connectivity index (χ3n) is 1.53. The van der Waals surface area contributed by atoms with E-state index in [0.29, 0.717) is 0 Å². The summed E-state index contributed by atoms with van der Waals surface area (Å²) in [6, 6.07) is 0. The highest BCUT2D eigenvalue weighted by Gasteiger charge is 2.25. The summed E-state index contributed by atoms with van der Waals surface area (Å²) in [6.45, 7) is 7.33. The van der Waals surface area contributed by atoms with Crippen LogP contribution in [0.4, 0.5) is 0 Å². The first kappa shape index (κ1) is 7.38. The number of nitrogens with one attached hydrogen (secondary N) is 1. The van der Waals surface area contributed by atoms with E-state index in [9.17, 15) is 0 Å². The first-order valence-corrected chi connectivity index (χ1v) is 3.54. The third-order valence-corrected chi connectivity index (χ3v) is 1.53. The summed E-state index contributed by atoms with van der Waals surface area (Å²) in [4.78, 5) is 2.12. The first-order chi connectivity index (χ1) is 4.52. The third kappa shape index (κ3) is 1.23. The van der Waals surface area contributed by atoms with Crippen LogP contribution in [0.2, 0.25) is 0 Å². The molecule has 0 spiro atoms. The number of amidine groups is 1. The van der Waals surface area contributed by atoms with Gasteiger partial charge in [0.1, 0.15) is 12.5 Å². The second-order valence-corrected chi connectivity index (χ2v) is 3.70. The Bertz CT molecular complexity index is 155. The van der Waals surface area contributed by atoms with Gasteiger partial charge in [0, 0.05) is 12.5 Å².